The van der Waals surface area contributed by atoms with E-state index in [9.17, 15) is 18.0 Å². The third kappa shape index (κ3) is 2.16. The van der Waals surface area contributed by atoms with Crippen molar-refractivity contribution in [3.63, 3.8) is 0 Å². The number of halogens is 4. The first-order valence-electron chi connectivity index (χ1n) is 4.67. The van der Waals surface area contributed by atoms with Crippen molar-refractivity contribution in [1.82, 2.24) is 9.97 Å². The number of ether oxygens (including phenoxy) is 1. The van der Waals surface area contributed by atoms with Crippen LogP contribution in [-0.2, 0) is 10.9 Å². The average Bonchev–Trinajstić information content (AvgIpc) is 2.64. The van der Waals surface area contributed by atoms with Crippen LogP contribution < -0.4 is 0 Å². The van der Waals surface area contributed by atoms with E-state index in [1.807, 2.05) is 0 Å². The summed E-state index contributed by atoms with van der Waals surface area (Å²) in [7, 11) is 1.19. The molecule has 2 aromatic heterocycles. The molecule has 0 radical (unpaired) electrons. The Kier molecular flexibility index (Phi) is 3.21. The molecule has 8 heteroatoms. The number of alkyl halides is 3. The molecule has 1 N–H and O–H groups in total. The fourth-order valence-electron chi connectivity index (χ4n) is 1.44. The maximum absolute atomic E-state index is 12.5. The summed E-state index contributed by atoms with van der Waals surface area (Å²) in [6, 6.07) is 0.951. The van der Waals surface area contributed by atoms with Gasteiger partial charge in [-0.3, -0.25) is 0 Å². The quantitative estimate of drug-likeness (QED) is 0.621. The average molecular weight is 370 g/mol. The number of fused-ring (bicyclic) bond motifs is 1. The number of aromatic nitrogens is 2. The Morgan fingerprint density at radius 1 is 1.50 bits per heavy atom. The fourth-order valence-corrected chi connectivity index (χ4v) is 2.20. The van der Waals surface area contributed by atoms with Crippen molar-refractivity contribution in [2.45, 2.75) is 6.18 Å². The van der Waals surface area contributed by atoms with Crippen molar-refractivity contribution in [3.05, 3.63) is 27.1 Å². The third-order valence-corrected chi connectivity index (χ3v) is 3.42. The van der Waals surface area contributed by atoms with Crippen LogP contribution in [0.15, 0.2) is 12.3 Å². The highest BCUT2D eigenvalue weighted by molar-refractivity contribution is 14.1. The van der Waals surface area contributed by atoms with E-state index in [4.69, 9.17) is 0 Å². The zero-order chi connectivity index (χ0) is 13.5. The first kappa shape index (κ1) is 13.1. The molecule has 0 saturated carbocycles. The molecule has 0 amide bonds. The lowest BCUT2D eigenvalue weighted by Crippen LogP contribution is -2.05. The summed E-state index contributed by atoms with van der Waals surface area (Å²) in [5, 5.41) is 0.242. The lowest BCUT2D eigenvalue weighted by Gasteiger charge is -2.05. The minimum absolute atomic E-state index is 0.0972. The summed E-state index contributed by atoms with van der Waals surface area (Å²) in [5.41, 5.74) is -0.545. The molecule has 0 fully saturated rings. The van der Waals surface area contributed by atoms with E-state index in [0.29, 0.717) is 3.57 Å². The molecule has 96 valence electrons. The highest BCUT2D eigenvalue weighted by Gasteiger charge is 2.32. The monoisotopic (exact) mass is 370 g/mol. The number of rotatable bonds is 1. The maximum Gasteiger partial charge on any atom is 0.417 e. The lowest BCUT2D eigenvalue weighted by molar-refractivity contribution is -0.137. The molecule has 2 heterocycles. The Balaban J connectivity index is 2.64. The van der Waals surface area contributed by atoms with E-state index in [1.54, 1.807) is 22.6 Å². The van der Waals surface area contributed by atoms with Gasteiger partial charge in [0.1, 0.15) is 11.3 Å². The highest BCUT2D eigenvalue weighted by atomic mass is 127. The van der Waals surface area contributed by atoms with Gasteiger partial charge in [-0.2, -0.15) is 13.2 Å². The van der Waals surface area contributed by atoms with Crippen molar-refractivity contribution < 1.29 is 22.7 Å². The van der Waals surface area contributed by atoms with Crippen molar-refractivity contribution in [2.75, 3.05) is 7.11 Å². The van der Waals surface area contributed by atoms with Crippen molar-refractivity contribution >= 4 is 39.6 Å². The van der Waals surface area contributed by atoms with Crippen LogP contribution in [0.3, 0.4) is 0 Å². The number of hydrogen-bond donors (Lipinski definition) is 1. The van der Waals surface area contributed by atoms with E-state index >= 15 is 0 Å². The predicted octanol–water partition coefficient (Wildman–Crippen LogP) is 2.97. The van der Waals surface area contributed by atoms with Gasteiger partial charge in [-0.25, -0.2) is 9.78 Å². The molecule has 2 rings (SSSR count). The second-order valence-corrected chi connectivity index (χ2v) is 4.50. The van der Waals surface area contributed by atoms with Crippen molar-refractivity contribution in [3.8, 4) is 0 Å². The van der Waals surface area contributed by atoms with Gasteiger partial charge in [0.15, 0.2) is 0 Å². The topological polar surface area (TPSA) is 55.0 Å². The van der Waals surface area contributed by atoms with Crippen LogP contribution in [0.2, 0.25) is 0 Å². The minimum atomic E-state index is -4.47. The summed E-state index contributed by atoms with van der Waals surface area (Å²) in [6.45, 7) is 0. The molecule has 0 aliphatic carbocycles. The molecule has 2 aromatic rings. The fraction of sp³-hybridized carbons (Fsp3) is 0.200. The maximum atomic E-state index is 12.5. The molecule has 0 aliphatic rings. The van der Waals surface area contributed by atoms with Gasteiger partial charge >= 0.3 is 12.1 Å². The van der Waals surface area contributed by atoms with E-state index in [0.717, 1.165) is 12.3 Å². The summed E-state index contributed by atoms with van der Waals surface area (Å²) in [5.74, 6) is -0.647. The van der Waals surface area contributed by atoms with E-state index in [-0.39, 0.29) is 16.7 Å². The number of H-pyrrole nitrogens is 1. The van der Waals surface area contributed by atoms with Crippen molar-refractivity contribution in [2.24, 2.45) is 0 Å². The lowest BCUT2D eigenvalue weighted by atomic mass is 10.2. The molecule has 0 bridgehead atoms. The Labute approximate surface area is 113 Å². The second-order valence-electron chi connectivity index (χ2n) is 3.42. The summed E-state index contributed by atoms with van der Waals surface area (Å²) >= 11 is 1.78. The number of nitrogens with one attached hydrogen (secondary N) is 1. The van der Waals surface area contributed by atoms with Crippen LogP contribution in [0.25, 0.3) is 11.0 Å². The molecule has 4 nitrogen and oxygen atoms in total. The predicted molar refractivity (Wildman–Crippen MR) is 65.2 cm³/mol. The van der Waals surface area contributed by atoms with Gasteiger partial charge in [0.05, 0.1) is 16.2 Å². The third-order valence-electron chi connectivity index (χ3n) is 2.30. The normalized spacial score (nSPS) is 11.8. The minimum Gasteiger partial charge on any atom is -0.464 e. The van der Waals surface area contributed by atoms with Crippen LogP contribution in [0, 0.1) is 3.57 Å². The number of methoxy groups -OCH3 is 1. The summed E-state index contributed by atoms with van der Waals surface area (Å²) in [4.78, 5) is 17.7. The molecule has 0 aromatic carbocycles. The number of nitrogens with zero attached hydrogens (tertiary/aromatic N) is 1. The van der Waals surface area contributed by atoms with Gasteiger partial charge < -0.3 is 9.72 Å². The smallest absolute Gasteiger partial charge is 0.417 e. The summed E-state index contributed by atoms with van der Waals surface area (Å²) < 4.78 is 42.5. The number of aromatic amines is 1. The van der Waals surface area contributed by atoms with Gasteiger partial charge in [0.25, 0.3) is 0 Å². The summed E-state index contributed by atoms with van der Waals surface area (Å²) in [6.07, 6.45) is -3.75. The molecule has 0 saturated heterocycles. The van der Waals surface area contributed by atoms with E-state index in [2.05, 4.69) is 14.7 Å². The molecular formula is C10H6F3IN2O2. The molecule has 18 heavy (non-hydrogen) atoms. The van der Waals surface area contributed by atoms with Gasteiger partial charge in [-0.05, 0) is 28.7 Å². The van der Waals surface area contributed by atoms with Crippen LogP contribution in [-0.4, -0.2) is 23.0 Å². The number of carbonyl (C=O) groups excluding carboxylic acids is 1. The van der Waals surface area contributed by atoms with Crippen LogP contribution >= 0.6 is 22.6 Å². The Morgan fingerprint density at radius 3 is 2.72 bits per heavy atom. The zero-order valence-corrected chi connectivity index (χ0v) is 11.1. The molecule has 0 unspecified atom stereocenters. The highest BCUT2D eigenvalue weighted by Crippen LogP contribution is 2.32. The molecule has 0 aliphatic heterocycles. The largest absolute Gasteiger partial charge is 0.464 e. The van der Waals surface area contributed by atoms with Gasteiger partial charge in [-0.15, -0.1) is 0 Å². The van der Waals surface area contributed by atoms with Crippen LogP contribution in [0.4, 0.5) is 13.2 Å². The number of esters is 1. The standard InChI is InChI=1S/C10H6F3IN2O2/c1-18-9(17)7-6(14)5-2-4(10(11,12)13)3-15-8(5)16-7/h2-3H,1H3,(H,15,16). The number of pyridine rings is 1. The van der Waals surface area contributed by atoms with Gasteiger partial charge in [-0.1, -0.05) is 0 Å². The Morgan fingerprint density at radius 2 is 2.17 bits per heavy atom. The molecule has 0 spiro atoms. The van der Waals surface area contributed by atoms with Gasteiger partial charge in [0.2, 0.25) is 0 Å². The number of carbonyl (C=O) groups is 1. The van der Waals surface area contributed by atoms with E-state index < -0.39 is 17.7 Å². The SMILES string of the molecule is COC(=O)c1[nH]c2ncc(C(F)(F)F)cc2c1I. The van der Waals surface area contributed by atoms with E-state index in [1.165, 1.54) is 7.11 Å². The van der Waals surface area contributed by atoms with Gasteiger partial charge in [0, 0.05) is 11.6 Å². The van der Waals surface area contributed by atoms with Crippen molar-refractivity contribution in [1.29, 1.82) is 0 Å². The molecular weight excluding hydrogens is 364 g/mol. The molecule has 0 atom stereocenters. The number of hydrogen-bond acceptors (Lipinski definition) is 3. The van der Waals surface area contributed by atoms with Crippen LogP contribution in [0.5, 0.6) is 0 Å². The second kappa shape index (κ2) is 4.41. The van der Waals surface area contributed by atoms with Crippen LogP contribution in [0.1, 0.15) is 16.1 Å². The Bertz CT molecular complexity index is 621. The Hall–Kier alpha value is -1.32. The first-order valence-corrected chi connectivity index (χ1v) is 5.75. The zero-order valence-electron chi connectivity index (χ0n) is 8.93. The first-order chi connectivity index (χ1) is 8.34.